The minimum Gasteiger partial charge on any atom is -0.490 e. The molecule has 0 aromatic heterocycles. The molecule has 1 heterocycles. The first kappa shape index (κ1) is 24.3. The summed E-state index contributed by atoms with van der Waals surface area (Å²) in [6.07, 6.45) is 1.54. The summed E-state index contributed by atoms with van der Waals surface area (Å²) in [4.78, 5) is 26.1. The van der Waals surface area contributed by atoms with E-state index in [0.717, 1.165) is 35.5 Å². The summed E-state index contributed by atoms with van der Waals surface area (Å²) in [5.41, 5.74) is 3.85. The van der Waals surface area contributed by atoms with Crippen molar-refractivity contribution in [1.82, 2.24) is 5.32 Å². The van der Waals surface area contributed by atoms with Crippen molar-refractivity contribution in [3.63, 3.8) is 0 Å². The Labute approximate surface area is 206 Å². The summed E-state index contributed by atoms with van der Waals surface area (Å²) in [5.74, 6) is 1.09. The van der Waals surface area contributed by atoms with Crippen LogP contribution in [0.15, 0.2) is 72.8 Å². The van der Waals surface area contributed by atoms with Gasteiger partial charge in [0.15, 0.2) is 18.1 Å². The average Bonchev–Trinajstić information content (AvgIpc) is 3.30. The lowest BCUT2D eigenvalue weighted by molar-refractivity contribution is -0.118. The van der Waals surface area contributed by atoms with Gasteiger partial charge in [-0.3, -0.25) is 9.59 Å². The van der Waals surface area contributed by atoms with Crippen molar-refractivity contribution in [2.45, 2.75) is 32.9 Å². The molecule has 1 aliphatic rings. The van der Waals surface area contributed by atoms with E-state index in [1.807, 2.05) is 72.5 Å². The zero-order valence-corrected chi connectivity index (χ0v) is 20.0. The van der Waals surface area contributed by atoms with E-state index in [1.54, 1.807) is 0 Å². The van der Waals surface area contributed by atoms with E-state index in [2.05, 4.69) is 22.8 Å². The fourth-order valence-corrected chi connectivity index (χ4v) is 4.02. The standard InChI is InChI=1S/C28H31N3O4/c1-2-34-26-17-22(13-14-25(26)35-20-27(32)30-23-9-4-3-5-10-23)19-29-18-21-8-6-11-24(16-21)31-15-7-12-28(31)33/h3-6,8-11,13-14,16-17,29H,2,7,12,15,18-20H2,1H3,(H,30,32). The smallest absolute Gasteiger partial charge is 0.262 e. The zero-order chi connectivity index (χ0) is 24.5. The highest BCUT2D eigenvalue weighted by Gasteiger charge is 2.21. The van der Waals surface area contributed by atoms with Gasteiger partial charge in [0.25, 0.3) is 5.91 Å². The van der Waals surface area contributed by atoms with Crippen LogP contribution in [-0.4, -0.2) is 31.6 Å². The van der Waals surface area contributed by atoms with Crippen molar-refractivity contribution in [3.05, 3.63) is 83.9 Å². The van der Waals surface area contributed by atoms with Gasteiger partial charge in [0, 0.05) is 37.4 Å². The van der Waals surface area contributed by atoms with Crippen LogP contribution in [0.25, 0.3) is 0 Å². The van der Waals surface area contributed by atoms with Crippen LogP contribution in [0, 0.1) is 0 Å². The summed E-state index contributed by atoms with van der Waals surface area (Å²) in [6.45, 7) is 4.40. The molecule has 1 aliphatic heterocycles. The maximum Gasteiger partial charge on any atom is 0.262 e. The van der Waals surface area contributed by atoms with E-state index >= 15 is 0 Å². The monoisotopic (exact) mass is 473 g/mol. The second-order valence-corrected chi connectivity index (χ2v) is 8.34. The molecule has 7 nitrogen and oxygen atoms in total. The molecule has 1 fully saturated rings. The van der Waals surface area contributed by atoms with Gasteiger partial charge in [-0.2, -0.15) is 0 Å². The number of amides is 2. The summed E-state index contributed by atoms with van der Waals surface area (Å²) < 4.78 is 11.5. The van der Waals surface area contributed by atoms with Crippen molar-refractivity contribution < 1.29 is 19.1 Å². The molecular weight excluding hydrogens is 442 g/mol. The van der Waals surface area contributed by atoms with Gasteiger partial charge in [-0.05, 0) is 60.9 Å². The zero-order valence-electron chi connectivity index (χ0n) is 20.0. The van der Waals surface area contributed by atoms with E-state index in [4.69, 9.17) is 9.47 Å². The fourth-order valence-electron chi connectivity index (χ4n) is 4.02. The second kappa shape index (κ2) is 12.0. The molecule has 0 unspecified atom stereocenters. The molecule has 182 valence electrons. The van der Waals surface area contributed by atoms with Crippen molar-refractivity contribution >= 4 is 23.2 Å². The van der Waals surface area contributed by atoms with E-state index in [-0.39, 0.29) is 18.4 Å². The largest absolute Gasteiger partial charge is 0.490 e. The molecular formula is C28H31N3O4. The molecule has 0 radical (unpaired) electrons. The normalized spacial score (nSPS) is 13.1. The highest BCUT2D eigenvalue weighted by atomic mass is 16.5. The van der Waals surface area contributed by atoms with Crippen molar-refractivity contribution in [2.24, 2.45) is 0 Å². The Hall–Kier alpha value is -3.84. The highest BCUT2D eigenvalue weighted by molar-refractivity contribution is 5.95. The van der Waals surface area contributed by atoms with Crippen molar-refractivity contribution in [3.8, 4) is 11.5 Å². The number of nitrogens with zero attached hydrogens (tertiary/aromatic N) is 1. The van der Waals surface area contributed by atoms with Gasteiger partial charge >= 0.3 is 0 Å². The lowest BCUT2D eigenvalue weighted by atomic mass is 10.1. The molecule has 0 aliphatic carbocycles. The SMILES string of the molecule is CCOc1cc(CNCc2cccc(N3CCCC3=O)c2)ccc1OCC(=O)Nc1ccccc1. The van der Waals surface area contributed by atoms with Gasteiger partial charge in [0.05, 0.1) is 6.61 Å². The van der Waals surface area contributed by atoms with E-state index in [9.17, 15) is 9.59 Å². The predicted octanol–water partition coefficient (Wildman–Crippen LogP) is 4.52. The molecule has 0 saturated carbocycles. The quantitative estimate of drug-likeness (QED) is 0.428. The predicted molar refractivity (Wildman–Crippen MR) is 137 cm³/mol. The Bertz CT molecular complexity index is 1150. The first-order valence-corrected chi connectivity index (χ1v) is 12.0. The van der Waals surface area contributed by atoms with Crippen LogP contribution in [0.2, 0.25) is 0 Å². The number of nitrogens with one attached hydrogen (secondary N) is 2. The third-order valence-electron chi connectivity index (χ3n) is 5.68. The van der Waals surface area contributed by atoms with Crippen LogP contribution in [0.5, 0.6) is 11.5 Å². The second-order valence-electron chi connectivity index (χ2n) is 8.34. The molecule has 1 saturated heterocycles. The summed E-state index contributed by atoms with van der Waals surface area (Å²) in [7, 11) is 0. The molecule has 2 N–H and O–H groups in total. The van der Waals surface area contributed by atoms with Gasteiger partial charge in [-0.1, -0.05) is 36.4 Å². The maximum absolute atomic E-state index is 12.2. The van der Waals surface area contributed by atoms with E-state index in [1.165, 1.54) is 0 Å². The van der Waals surface area contributed by atoms with Gasteiger partial charge < -0.3 is 25.0 Å². The Kier molecular flexibility index (Phi) is 8.35. The number of ether oxygens (including phenoxy) is 2. The fraction of sp³-hybridized carbons (Fsp3) is 0.286. The average molecular weight is 474 g/mol. The van der Waals surface area contributed by atoms with E-state index in [0.29, 0.717) is 37.6 Å². The summed E-state index contributed by atoms with van der Waals surface area (Å²) in [5, 5.41) is 6.26. The molecule has 7 heteroatoms. The Morgan fingerprint density at radius 3 is 2.46 bits per heavy atom. The number of para-hydroxylation sites is 1. The van der Waals surface area contributed by atoms with E-state index < -0.39 is 0 Å². The lowest BCUT2D eigenvalue weighted by Crippen LogP contribution is -2.23. The number of carbonyl (C=O) groups excluding carboxylic acids is 2. The Balaban J connectivity index is 1.31. The maximum atomic E-state index is 12.2. The van der Waals surface area contributed by atoms with Crippen molar-refractivity contribution in [2.75, 3.05) is 30.0 Å². The molecule has 0 spiro atoms. The van der Waals surface area contributed by atoms with Gasteiger partial charge in [-0.25, -0.2) is 0 Å². The highest BCUT2D eigenvalue weighted by Crippen LogP contribution is 2.29. The molecule has 2 amide bonds. The minimum atomic E-state index is -0.234. The molecule has 0 bridgehead atoms. The van der Waals surface area contributed by atoms with Crippen LogP contribution in [0.4, 0.5) is 11.4 Å². The minimum absolute atomic E-state index is 0.109. The lowest BCUT2D eigenvalue weighted by Gasteiger charge is -2.17. The third-order valence-corrected chi connectivity index (χ3v) is 5.68. The summed E-state index contributed by atoms with van der Waals surface area (Å²) in [6, 6.07) is 23.1. The topological polar surface area (TPSA) is 79.9 Å². The van der Waals surface area contributed by atoms with Gasteiger partial charge in [-0.15, -0.1) is 0 Å². The molecule has 35 heavy (non-hydrogen) atoms. The number of rotatable bonds is 11. The van der Waals surface area contributed by atoms with Crippen molar-refractivity contribution in [1.29, 1.82) is 0 Å². The first-order valence-electron chi connectivity index (χ1n) is 12.0. The number of hydrogen-bond donors (Lipinski definition) is 2. The van der Waals surface area contributed by atoms with Crippen LogP contribution >= 0.6 is 0 Å². The Morgan fingerprint density at radius 2 is 1.71 bits per heavy atom. The number of benzene rings is 3. The van der Waals surface area contributed by atoms with Crippen LogP contribution < -0.4 is 25.0 Å². The van der Waals surface area contributed by atoms with Crippen LogP contribution in [0.1, 0.15) is 30.9 Å². The first-order chi connectivity index (χ1) is 17.1. The van der Waals surface area contributed by atoms with Crippen LogP contribution in [-0.2, 0) is 22.7 Å². The third kappa shape index (κ3) is 6.83. The van der Waals surface area contributed by atoms with Crippen LogP contribution in [0.3, 0.4) is 0 Å². The molecule has 4 rings (SSSR count). The van der Waals surface area contributed by atoms with Gasteiger partial charge in [0.1, 0.15) is 0 Å². The summed E-state index contributed by atoms with van der Waals surface area (Å²) >= 11 is 0. The van der Waals surface area contributed by atoms with Gasteiger partial charge in [0.2, 0.25) is 5.91 Å². The Morgan fingerprint density at radius 1 is 0.914 bits per heavy atom. The number of carbonyl (C=O) groups is 2. The number of anilines is 2. The molecule has 3 aromatic carbocycles. The number of hydrogen-bond acceptors (Lipinski definition) is 5. The molecule has 0 atom stereocenters. The molecule has 3 aromatic rings.